The van der Waals surface area contributed by atoms with Crippen LogP contribution in [0.25, 0.3) is 0 Å². The minimum Gasteiger partial charge on any atom is -0.493 e. The van der Waals surface area contributed by atoms with Crippen molar-refractivity contribution >= 4 is 11.5 Å². The lowest BCUT2D eigenvalue weighted by molar-refractivity contribution is -0.384. The van der Waals surface area contributed by atoms with Crippen LogP contribution in [0.2, 0.25) is 0 Å². The molecule has 4 unspecified atom stereocenters. The van der Waals surface area contributed by atoms with Gasteiger partial charge in [-0.05, 0) is 35.1 Å². The highest BCUT2D eigenvalue weighted by Gasteiger charge is 2.51. The molecule has 1 saturated heterocycles. The van der Waals surface area contributed by atoms with Gasteiger partial charge < -0.3 is 14.8 Å². The molecule has 1 aliphatic carbocycles. The Morgan fingerprint density at radius 3 is 2.49 bits per heavy atom. The predicted molar refractivity (Wildman–Crippen MR) is 130 cm³/mol. The van der Waals surface area contributed by atoms with Crippen LogP contribution in [0.4, 0.5) is 5.69 Å². The van der Waals surface area contributed by atoms with Gasteiger partial charge in [-0.25, -0.2) is 10.9 Å². The third-order valence-corrected chi connectivity index (χ3v) is 7.32. The molecule has 2 aliphatic heterocycles. The monoisotopic (exact) mass is 478 g/mol. The van der Waals surface area contributed by atoms with Crippen LogP contribution >= 0.6 is 0 Å². The van der Waals surface area contributed by atoms with Crippen molar-refractivity contribution in [1.82, 2.24) is 16.2 Å². The molecule has 3 N–H and O–H groups in total. The van der Waals surface area contributed by atoms with Gasteiger partial charge >= 0.3 is 0 Å². The number of nitrogens with zero attached hydrogens (tertiary/aromatic N) is 1. The van der Waals surface area contributed by atoms with E-state index in [9.17, 15) is 14.9 Å². The number of nitro benzene ring substituents is 1. The van der Waals surface area contributed by atoms with Crippen molar-refractivity contribution in [1.29, 1.82) is 0 Å². The summed E-state index contributed by atoms with van der Waals surface area (Å²) in [6.45, 7) is 4.22. The molecular weight excluding hydrogens is 448 g/mol. The molecule has 2 heterocycles. The smallest absolute Gasteiger partial charge is 0.269 e. The normalized spacial score (nSPS) is 27.0. The Morgan fingerprint density at radius 2 is 1.77 bits per heavy atom. The van der Waals surface area contributed by atoms with Gasteiger partial charge in [-0.3, -0.25) is 14.9 Å². The lowest BCUT2D eigenvalue weighted by Crippen LogP contribution is -2.51. The maximum absolute atomic E-state index is 13.6. The summed E-state index contributed by atoms with van der Waals surface area (Å²) in [5.74, 6) is 0.971. The Kier molecular flexibility index (Phi) is 5.77. The number of non-ortho nitro benzene ring substituents is 1. The van der Waals surface area contributed by atoms with Crippen molar-refractivity contribution in [2.24, 2.45) is 11.3 Å². The molecule has 1 fully saturated rings. The molecule has 9 heteroatoms. The number of nitro groups is 1. The van der Waals surface area contributed by atoms with Gasteiger partial charge in [0.1, 0.15) is 0 Å². The summed E-state index contributed by atoms with van der Waals surface area (Å²) in [5, 5.41) is 15.0. The molecule has 9 nitrogen and oxygen atoms in total. The topological polar surface area (TPSA) is 115 Å². The third kappa shape index (κ3) is 4.04. The Balaban J connectivity index is 1.66. The summed E-state index contributed by atoms with van der Waals surface area (Å²) in [4.78, 5) is 24.6. The molecule has 5 rings (SSSR count). The van der Waals surface area contributed by atoms with E-state index in [4.69, 9.17) is 9.47 Å². The SMILES string of the molecule is COc1ccc(C2C3=C(CC(C)(C)CC3=O)NC3NNC(c4cccc([N+](=O)[O-])c4)C32)cc1OC. The van der Waals surface area contributed by atoms with Crippen molar-refractivity contribution in [3.63, 3.8) is 0 Å². The van der Waals surface area contributed by atoms with Gasteiger partial charge in [0.25, 0.3) is 5.69 Å². The Bertz CT molecular complexity index is 1220. The Hall–Kier alpha value is -3.43. The number of nitrogens with one attached hydrogen (secondary N) is 3. The van der Waals surface area contributed by atoms with Gasteiger partial charge in [-0.1, -0.05) is 32.0 Å². The molecule has 0 spiro atoms. The number of fused-ring (bicyclic) bond motifs is 1. The van der Waals surface area contributed by atoms with Crippen LogP contribution in [-0.2, 0) is 4.79 Å². The first-order valence-corrected chi connectivity index (χ1v) is 11.7. The molecule has 4 atom stereocenters. The van der Waals surface area contributed by atoms with Crippen LogP contribution in [0.15, 0.2) is 53.7 Å². The second-order valence-corrected chi connectivity index (χ2v) is 10.2. The van der Waals surface area contributed by atoms with E-state index >= 15 is 0 Å². The van der Waals surface area contributed by atoms with Crippen LogP contribution in [0.1, 0.15) is 49.8 Å². The maximum Gasteiger partial charge on any atom is 0.269 e. The largest absolute Gasteiger partial charge is 0.493 e. The number of hydrogen-bond donors (Lipinski definition) is 3. The molecule has 0 aromatic heterocycles. The summed E-state index contributed by atoms with van der Waals surface area (Å²) in [6, 6.07) is 12.2. The fourth-order valence-corrected chi connectivity index (χ4v) is 5.86. The first kappa shape index (κ1) is 23.3. The van der Waals surface area contributed by atoms with E-state index in [0.29, 0.717) is 17.9 Å². The molecule has 0 saturated carbocycles. The number of ether oxygens (including phenoxy) is 2. The number of hydrogen-bond acceptors (Lipinski definition) is 8. The highest BCUT2D eigenvalue weighted by molar-refractivity contribution is 5.99. The molecule has 3 aliphatic rings. The van der Waals surface area contributed by atoms with Crippen LogP contribution in [0.3, 0.4) is 0 Å². The van der Waals surface area contributed by atoms with E-state index in [2.05, 4.69) is 30.0 Å². The van der Waals surface area contributed by atoms with Gasteiger partial charge in [0.05, 0.1) is 31.4 Å². The van der Waals surface area contributed by atoms with Crippen LogP contribution in [-0.4, -0.2) is 31.1 Å². The predicted octanol–water partition coefficient (Wildman–Crippen LogP) is 3.73. The molecule has 0 amide bonds. The number of methoxy groups -OCH3 is 2. The average Bonchev–Trinajstić information content (AvgIpc) is 3.25. The van der Waals surface area contributed by atoms with Gasteiger partial charge in [0, 0.05) is 41.7 Å². The first-order valence-electron chi connectivity index (χ1n) is 11.7. The van der Waals surface area contributed by atoms with Crippen molar-refractivity contribution in [3.05, 3.63) is 75.0 Å². The van der Waals surface area contributed by atoms with E-state index in [1.165, 1.54) is 6.07 Å². The van der Waals surface area contributed by atoms with Gasteiger partial charge in [0.2, 0.25) is 0 Å². The minimum atomic E-state index is -0.387. The van der Waals surface area contributed by atoms with Crippen LogP contribution in [0.5, 0.6) is 11.5 Å². The quantitative estimate of drug-likeness (QED) is 0.440. The van der Waals surface area contributed by atoms with E-state index < -0.39 is 0 Å². The zero-order valence-electron chi connectivity index (χ0n) is 20.3. The number of Topliss-reactive ketones (excluding diaryl/α,β-unsaturated/α-hetero) is 1. The highest BCUT2D eigenvalue weighted by atomic mass is 16.6. The summed E-state index contributed by atoms with van der Waals surface area (Å²) < 4.78 is 11.0. The number of benzene rings is 2. The highest BCUT2D eigenvalue weighted by Crippen LogP contribution is 2.52. The summed E-state index contributed by atoms with van der Waals surface area (Å²) >= 11 is 0. The minimum absolute atomic E-state index is 0.0367. The molecule has 0 bridgehead atoms. The number of hydrazine groups is 1. The van der Waals surface area contributed by atoms with E-state index in [0.717, 1.165) is 28.8 Å². The Labute approximate surface area is 204 Å². The van der Waals surface area contributed by atoms with Crippen molar-refractivity contribution < 1.29 is 19.2 Å². The molecule has 35 heavy (non-hydrogen) atoms. The summed E-state index contributed by atoms with van der Waals surface area (Å²) in [5.41, 5.74) is 10.1. The second-order valence-electron chi connectivity index (χ2n) is 10.2. The number of rotatable bonds is 5. The zero-order valence-corrected chi connectivity index (χ0v) is 20.3. The van der Waals surface area contributed by atoms with Crippen molar-refractivity contribution in [3.8, 4) is 11.5 Å². The number of allylic oxidation sites excluding steroid dienone is 2. The second kappa shape index (κ2) is 8.66. The fraction of sp³-hybridized carbons (Fsp3) is 0.423. The maximum atomic E-state index is 13.6. The van der Waals surface area contributed by atoms with Crippen LogP contribution < -0.4 is 25.6 Å². The standard InChI is InChI=1S/C26H30N4O5/c1-26(2)12-17-22(18(31)13-26)21(14-8-9-19(34-3)20(11-14)35-4)23-24(28-29-25(23)27-17)15-6-5-7-16(10-15)30(32)33/h5-11,21,23-25,27-29H,12-13H2,1-4H3. The fourth-order valence-electron chi connectivity index (χ4n) is 5.86. The van der Waals surface area contributed by atoms with Gasteiger partial charge in [0.15, 0.2) is 17.3 Å². The number of carbonyl (C=O) groups is 1. The molecule has 2 aromatic carbocycles. The lowest BCUT2D eigenvalue weighted by Gasteiger charge is -2.44. The zero-order chi connectivity index (χ0) is 24.9. The van der Waals surface area contributed by atoms with E-state index in [-0.39, 0.29) is 45.9 Å². The molecule has 0 radical (unpaired) electrons. The molecule has 2 aromatic rings. The van der Waals surface area contributed by atoms with E-state index in [1.54, 1.807) is 26.4 Å². The average molecular weight is 479 g/mol. The van der Waals surface area contributed by atoms with Crippen molar-refractivity contribution in [2.45, 2.75) is 44.8 Å². The van der Waals surface area contributed by atoms with Gasteiger partial charge in [-0.15, -0.1) is 0 Å². The summed E-state index contributed by atoms with van der Waals surface area (Å²) in [7, 11) is 3.19. The van der Waals surface area contributed by atoms with Crippen molar-refractivity contribution in [2.75, 3.05) is 14.2 Å². The first-order chi connectivity index (χ1) is 16.7. The Morgan fingerprint density at radius 1 is 1.00 bits per heavy atom. The van der Waals surface area contributed by atoms with Crippen LogP contribution in [0, 0.1) is 21.4 Å². The third-order valence-electron chi connectivity index (χ3n) is 7.32. The van der Waals surface area contributed by atoms with Gasteiger partial charge in [-0.2, -0.15) is 0 Å². The molecule has 184 valence electrons. The summed E-state index contributed by atoms with van der Waals surface area (Å²) in [6.07, 6.45) is 1.07. The molecular formula is C26H30N4O5. The number of ketones is 1. The lowest BCUT2D eigenvalue weighted by atomic mass is 9.65. The number of carbonyl (C=O) groups excluding carboxylic acids is 1. The van der Waals surface area contributed by atoms with E-state index in [1.807, 2.05) is 24.3 Å².